The van der Waals surface area contributed by atoms with Gasteiger partial charge in [0, 0.05) is 12.5 Å². The zero-order valence-corrected chi connectivity index (χ0v) is 16.0. The molecule has 6 heteroatoms. The van der Waals surface area contributed by atoms with Crippen LogP contribution < -0.4 is 0 Å². The zero-order valence-electron chi connectivity index (χ0n) is 16.0. The molecule has 1 heterocycles. The average molecular weight is 393 g/mol. The first-order valence-corrected chi connectivity index (χ1v) is 10.1. The highest BCUT2D eigenvalue weighted by molar-refractivity contribution is 5.79. The number of carbonyl (C=O) groups is 2. The van der Waals surface area contributed by atoms with E-state index in [0.717, 1.165) is 0 Å². The largest absolute Gasteiger partial charge is 0.481 e. The second-order valence-corrected chi connectivity index (χ2v) is 7.98. The van der Waals surface area contributed by atoms with Crippen molar-refractivity contribution < 1.29 is 24.2 Å². The van der Waals surface area contributed by atoms with Gasteiger partial charge in [-0.15, -0.1) is 0 Å². The third-order valence-corrected chi connectivity index (χ3v) is 6.46. The first kappa shape index (κ1) is 18.2. The first-order valence-electron chi connectivity index (χ1n) is 10.1. The molecule has 1 saturated heterocycles. The number of fused-ring (bicyclic) bond motifs is 4. The summed E-state index contributed by atoms with van der Waals surface area (Å²) < 4.78 is 11.5. The number of rotatable bonds is 3. The smallest absolute Gasteiger partial charge is 0.410 e. The Labute approximate surface area is 169 Å². The molecule has 2 fully saturated rings. The van der Waals surface area contributed by atoms with E-state index in [9.17, 15) is 14.7 Å². The molecular formula is C23H23NO5. The molecule has 2 aromatic rings. The molecule has 2 aliphatic carbocycles. The van der Waals surface area contributed by atoms with Crippen LogP contribution in [0.15, 0.2) is 48.5 Å². The molecule has 0 bridgehead atoms. The molecule has 1 amide bonds. The fourth-order valence-electron chi connectivity index (χ4n) is 5.06. The molecule has 29 heavy (non-hydrogen) atoms. The summed E-state index contributed by atoms with van der Waals surface area (Å²) in [5.41, 5.74) is 4.73. The molecule has 3 aliphatic rings. The summed E-state index contributed by atoms with van der Waals surface area (Å²) in [7, 11) is 0. The molecule has 0 radical (unpaired) electrons. The minimum Gasteiger partial charge on any atom is -0.481 e. The summed E-state index contributed by atoms with van der Waals surface area (Å²) in [6.07, 6.45) is 0.277. The number of hydrogen-bond donors (Lipinski definition) is 1. The second kappa shape index (κ2) is 7.19. The Balaban J connectivity index is 1.32. The van der Waals surface area contributed by atoms with E-state index in [1.807, 2.05) is 24.3 Å². The quantitative estimate of drug-likeness (QED) is 0.864. The predicted octanol–water partition coefficient (Wildman–Crippen LogP) is 3.50. The molecule has 150 valence electrons. The van der Waals surface area contributed by atoms with Gasteiger partial charge >= 0.3 is 12.1 Å². The topological polar surface area (TPSA) is 76.1 Å². The number of benzene rings is 2. The van der Waals surface area contributed by atoms with Gasteiger partial charge in [0.05, 0.1) is 24.7 Å². The normalized spacial score (nSPS) is 25.2. The van der Waals surface area contributed by atoms with Gasteiger partial charge in [-0.2, -0.15) is 0 Å². The number of amides is 1. The lowest BCUT2D eigenvalue weighted by molar-refractivity contribution is -0.141. The fourth-order valence-corrected chi connectivity index (χ4v) is 5.06. The Kier molecular flexibility index (Phi) is 4.51. The molecule has 0 spiro atoms. The van der Waals surface area contributed by atoms with Crippen molar-refractivity contribution in [3.05, 3.63) is 59.7 Å². The average Bonchev–Trinajstić information content (AvgIpc) is 3.32. The number of aliphatic carboxylic acids is 1. The Hall–Kier alpha value is -2.86. The summed E-state index contributed by atoms with van der Waals surface area (Å²) >= 11 is 0. The number of carbonyl (C=O) groups excluding carboxylic acids is 1. The van der Waals surface area contributed by atoms with E-state index in [4.69, 9.17) is 9.47 Å². The molecule has 6 nitrogen and oxygen atoms in total. The Morgan fingerprint density at radius 1 is 1.03 bits per heavy atom. The molecule has 1 N–H and O–H groups in total. The number of carboxylic acid groups (broad SMARTS) is 1. The molecular weight excluding hydrogens is 370 g/mol. The zero-order chi connectivity index (χ0) is 20.0. The third-order valence-electron chi connectivity index (χ3n) is 6.46. The molecule has 1 saturated carbocycles. The van der Waals surface area contributed by atoms with E-state index < -0.39 is 11.9 Å². The van der Waals surface area contributed by atoms with Gasteiger partial charge in [0.25, 0.3) is 0 Å². The molecule has 3 atom stereocenters. The SMILES string of the molecule is O=C(O)C1C[C@@H]2OCCN(C(=O)OCC3c4ccccc4-c4ccccc43)[C@@H]2C1. The minimum atomic E-state index is -0.824. The maximum atomic E-state index is 12.9. The highest BCUT2D eigenvalue weighted by Gasteiger charge is 2.46. The molecule has 5 rings (SSSR count). The molecule has 2 aromatic carbocycles. The molecule has 1 unspecified atom stereocenters. The summed E-state index contributed by atoms with van der Waals surface area (Å²) in [6, 6.07) is 16.2. The van der Waals surface area contributed by atoms with Gasteiger partial charge in [-0.05, 0) is 35.1 Å². The van der Waals surface area contributed by atoms with Crippen molar-refractivity contribution in [2.45, 2.75) is 30.9 Å². The first-order chi connectivity index (χ1) is 14.1. The lowest BCUT2D eigenvalue weighted by atomic mass is 9.98. The van der Waals surface area contributed by atoms with Crippen molar-refractivity contribution in [2.24, 2.45) is 5.92 Å². The molecule has 1 aliphatic heterocycles. The standard InChI is InChI=1S/C23H23NO5/c25-22(26)14-11-20-21(12-14)28-10-9-24(20)23(27)29-13-19-17-7-3-1-5-15(17)16-6-2-4-8-18(16)19/h1-8,14,19-21H,9-13H2,(H,25,26)/t14?,20-,21+/m1/s1. The maximum Gasteiger partial charge on any atom is 0.410 e. The second-order valence-electron chi connectivity index (χ2n) is 7.98. The van der Waals surface area contributed by atoms with Crippen molar-refractivity contribution in [1.82, 2.24) is 4.90 Å². The van der Waals surface area contributed by atoms with Crippen LogP contribution in [0.25, 0.3) is 11.1 Å². The van der Waals surface area contributed by atoms with Gasteiger partial charge in [-0.25, -0.2) is 4.79 Å². The number of carboxylic acids is 1. The van der Waals surface area contributed by atoms with Gasteiger partial charge in [-0.3, -0.25) is 4.79 Å². The summed E-state index contributed by atoms with van der Waals surface area (Å²) in [5, 5.41) is 9.33. The summed E-state index contributed by atoms with van der Waals surface area (Å²) in [5.74, 6) is -1.28. The van der Waals surface area contributed by atoms with Gasteiger partial charge in [-0.1, -0.05) is 48.5 Å². The van der Waals surface area contributed by atoms with Crippen LogP contribution >= 0.6 is 0 Å². The van der Waals surface area contributed by atoms with Crippen LogP contribution in [0.3, 0.4) is 0 Å². The van der Waals surface area contributed by atoms with E-state index in [2.05, 4.69) is 24.3 Å². The van der Waals surface area contributed by atoms with E-state index in [-0.39, 0.29) is 30.8 Å². The lowest BCUT2D eigenvalue weighted by Crippen LogP contribution is -2.51. The molecule has 0 aromatic heterocycles. The number of morpholine rings is 1. The van der Waals surface area contributed by atoms with E-state index >= 15 is 0 Å². The number of nitrogens with zero attached hydrogens (tertiary/aromatic N) is 1. The highest BCUT2D eigenvalue weighted by atomic mass is 16.6. The van der Waals surface area contributed by atoms with Crippen LogP contribution in [-0.2, 0) is 14.3 Å². The van der Waals surface area contributed by atoms with Crippen molar-refractivity contribution in [2.75, 3.05) is 19.8 Å². The van der Waals surface area contributed by atoms with Gasteiger partial charge in [0.15, 0.2) is 0 Å². The van der Waals surface area contributed by atoms with E-state index in [0.29, 0.717) is 26.0 Å². The summed E-state index contributed by atoms with van der Waals surface area (Å²) in [4.78, 5) is 25.9. The Morgan fingerprint density at radius 2 is 1.69 bits per heavy atom. The van der Waals surface area contributed by atoms with E-state index in [1.54, 1.807) is 4.90 Å². The fraction of sp³-hybridized carbons (Fsp3) is 0.391. The van der Waals surface area contributed by atoms with Gasteiger partial charge < -0.3 is 19.5 Å². The maximum absolute atomic E-state index is 12.9. The van der Waals surface area contributed by atoms with Crippen LogP contribution in [0.4, 0.5) is 4.79 Å². The van der Waals surface area contributed by atoms with Crippen molar-refractivity contribution in [1.29, 1.82) is 0 Å². The van der Waals surface area contributed by atoms with Crippen LogP contribution in [0.2, 0.25) is 0 Å². The minimum absolute atomic E-state index is 0.0125. The van der Waals surface area contributed by atoms with Crippen LogP contribution in [0.1, 0.15) is 29.9 Å². The number of hydrogen-bond acceptors (Lipinski definition) is 4. The van der Waals surface area contributed by atoms with Gasteiger partial charge in [0.1, 0.15) is 6.61 Å². The van der Waals surface area contributed by atoms with Crippen LogP contribution in [0.5, 0.6) is 0 Å². The van der Waals surface area contributed by atoms with Crippen molar-refractivity contribution >= 4 is 12.1 Å². The van der Waals surface area contributed by atoms with Crippen LogP contribution in [-0.4, -0.2) is 54.0 Å². The van der Waals surface area contributed by atoms with Gasteiger partial charge in [0.2, 0.25) is 0 Å². The lowest BCUT2D eigenvalue weighted by Gasteiger charge is -2.36. The van der Waals surface area contributed by atoms with Crippen molar-refractivity contribution in [3.8, 4) is 11.1 Å². The number of ether oxygens (including phenoxy) is 2. The predicted molar refractivity (Wildman–Crippen MR) is 106 cm³/mol. The third kappa shape index (κ3) is 3.08. The summed E-state index contributed by atoms with van der Waals surface area (Å²) in [6.45, 7) is 1.12. The van der Waals surface area contributed by atoms with Crippen LogP contribution in [0, 0.1) is 5.92 Å². The monoisotopic (exact) mass is 393 g/mol. The van der Waals surface area contributed by atoms with Crippen molar-refractivity contribution in [3.63, 3.8) is 0 Å². The highest BCUT2D eigenvalue weighted by Crippen LogP contribution is 2.44. The Morgan fingerprint density at radius 3 is 2.34 bits per heavy atom. The Bertz CT molecular complexity index is 912. The van der Waals surface area contributed by atoms with E-state index in [1.165, 1.54) is 22.3 Å².